The smallest absolute Gasteiger partial charge is 0.167 e. The third-order valence-electron chi connectivity index (χ3n) is 3.63. The van der Waals surface area contributed by atoms with E-state index in [-0.39, 0.29) is 5.75 Å². The van der Waals surface area contributed by atoms with Crippen LogP contribution in [0.4, 0.5) is 4.39 Å². The number of sulfone groups is 1. The Labute approximate surface area is 124 Å². The van der Waals surface area contributed by atoms with E-state index in [4.69, 9.17) is 0 Å². The van der Waals surface area contributed by atoms with Gasteiger partial charge < -0.3 is 0 Å². The summed E-state index contributed by atoms with van der Waals surface area (Å²) in [6, 6.07) is 14.6. The highest BCUT2D eigenvalue weighted by Crippen LogP contribution is 2.34. The van der Waals surface area contributed by atoms with Gasteiger partial charge in [-0.05, 0) is 30.2 Å². The molecule has 0 spiro atoms. The van der Waals surface area contributed by atoms with Gasteiger partial charge in [0.1, 0.15) is 10.6 Å². The topological polar surface area (TPSA) is 34.1 Å². The second-order valence-electron chi connectivity index (χ2n) is 5.07. The molecule has 21 heavy (non-hydrogen) atoms. The molecule has 0 bridgehead atoms. The molecule has 0 aliphatic rings. The first-order valence-electron chi connectivity index (χ1n) is 6.55. The minimum absolute atomic E-state index is 0.118. The van der Waals surface area contributed by atoms with Crippen LogP contribution in [-0.4, -0.2) is 8.42 Å². The van der Waals surface area contributed by atoms with Gasteiger partial charge >= 0.3 is 0 Å². The second-order valence-corrected chi connectivity index (χ2v) is 7.43. The van der Waals surface area contributed by atoms with Crippen molar-refractivity contribution in [1.29, 1.82) is 0 Å². The Kier molecular flexibility index (Phi) is 4.28. The predicted molar refractivity (Wildman–Crippen MR) is 83.0 cm³/mol. The monoisotopic (exact) mass is 304 g/mol. The Hall–Kier alpha value is -1.94. The molecule has 0 amide bonds. The van der Waals surface area contributed by atoms with Gasteiger partial charge in [0, 0.05) is 0 Å². The van der Waals surface area contributed by atoms with Crippen LogP contribution in [0.15, 0.2) is 67.3 Å². The Morgan fingerprint density at radius 2 is 1.81 bits per heavy atom. The van der Waals surface area contributed by atoms with Crippen molar-refractivity contribution in [2.75, 3.05) is 0 Å². The van der Waals surface area contributed by atoms with Crippen LogP contribution in [-0.2, 0) is 20.3 Å². The fourth-order valence-corrected chi connectivity index (χ4v) is 3.84. The molecular weight excluding hydrogens is 287 g/mol. The highest BCUT2D eigenvalue weighted by molar-refractivity contribution is 7.91. The third kappa shape index (κ3) is 3.05. The van der Waals surface area contributed by atoms with Crippen molar-refractivity contribution in [2.45, 2.75) is 17.4 Å². The summed E-state index contributed by atoms with van der Waals surface area (Å²) in [7, 11) is -3.58. The van der Waals surface area contributed by atoms with E-state index in [2.05, 4.69) is 6.58 Å². The summed E-state index contributed by atoms with van der Waals surface area (Å²) in [4.78, 5) is 0. The maximum atomic E-state index is 13.4. The second kappa shape index (κ2) is 5.82. The SMILES string of the molecule is C=C[C@@](C)(c1cccc(F)c1)S(=O)(=O)Cc1ccccc1. The Morgan fingerprint density at radius 3 is 2.38 bits per heavy atom. The summed E-state index contributed by atoms with van der Waals surface area (Å²) in [6.45, 7) is 5.19. The minimum atomic E-state index is -3.58. The number of halogens is 1. The summed E-state index contributed by atoms with van der Waals surface area (Å²) in [6.07, 6.45) is 1.36. The molecule has 0 saturated carbocycles. The van der Waals surface area contributed by atoms with Crippen molar-refractivity contribution in [3.05, 3.63) is 84.2 Å². The van der Waals surface area contributed by atoms with Gasteiger partial charge in [0.25, 0.3) is 0 Å². The molecule has 0 aromatic heterocycles. The van der Waals surface area contributed by atoms with E-state index in [1.807, 2.05) is 6.07 Å². The van der Waals surface area contributed by atoms with E-state index >= 15 is 0 Å². The zero-order valence-electron chi connectivity index (χ0n) is 11.8. The molecule has 0 unspecified atom stereocenters. The van der Waals surface area contributed by atoms with Crippen molar-refractivity contribution in [1.82, 2.24) is 0 Å². The fourth-order valence-electron chi connectivity index (χ4n) is 2.17. The van der Waals surface area contributed by atoms with Crippen LogP contribution in [0.5, 0.6) is 0 Å². The van der Waals surface area contributed by atoms with E-state index in [0.717, 1.165) is 0 Å². The van der Waals surface area contributed by atoms with Crippen molar-refractivity contribution >= 4 is 9.84 Å². The largest absolute Gasteiger partial charge is 0.227 e. The maximum absolute atomic E-state index is 13.4. The van der Waals surface area contributed by atoms with E-state index in [1.54, 1.807) is 37.3 Å². The molecular formula is C17H17FO2S. The van der Waals surface area contributed by atoms with Crippen LogP contribution in [0.3, 0.4) is 0 Å². The first-order chi connectivity index (χ1) is 9.89. The molecule has 0 fully saturated rings. The average molecular weight is 304 g/mol. The van der Waals surface area contributed by atoms with E-state index < -0.39 is 20.4 Å². The first-order valence-corrected chi connectivity index (χ1v) is 8.20. The van der Waals surface area contributed by atoms with Gasteiger partial charge in [-0.1, -0.05) is 48.5 Å². The normalized spacial score (nSPS) is 14.4. The van der Waals surface area contributed by atoms with Gasteiger partial charge in [-0.25, -0.2) is 12.8 Å². The van der Waals surface area contributed by atoms with Gasteiger partial charge in [0.2, 0.25) is 0 Å². The summed E-state index contributed by atoms with van der Waals surface area (Å²) in [5.74, 6) is -0.581. The van der Waals surface area contributed by atoms with Crippen LogP contribution in [0, 0.1) is 5.82 Å². The van der Waals surface area contributed by atoms with Crippen molar-refractivity contribution in [3.8, 4) is 0 Å². The molecule has 0 saturated heterocycles. The maximum Gasteiger partial charge on any atom is 0.167 e. The zero-order valence-corrected chi connectivity index (χ0v) is 12.6. The summed E-state index contributed by atoms with van der Waals surface area (Å²) >= 11 is 0. The Morgan fingerprint density at radius 1 is 1.14 bits per heavy atom. The molecule has 2 nitrogen and oxygen atoms in total. The molecule has 110 valence electrons. The number of rotatable bonds is 5. The quantitative estimate of drug-likeness (QED) is 0.786. The Bertz CT molecular complexity index is 738. The van der Waals surface area contributed by atoms with E-state index in [1.165, 1.54) is 24.3 Å². The lowest BCUT2D eigenvalue weighted by atomic mass is 10.0. The van der Waals surface area contributed by atoms with Crippen molar-refractivity contribution in [2.24, 2.45) is 0 Å². The lowest BCUT2D eigenvalue weighted by molar-refractivity contribution is 0.566. The zero-order chi connectivity index (χ0) is 15.5. The summed E-state index contributed by atoms with van der Waals surface area (Å²) in [5.41, 5.74) is 1.08. The lowest BCUT2D eigenvalue weighted by Crippen LogP contribution is -2.31. The highest BCUT2D eigenvalue weighted by atomic mass is 32.2. The van der Waals surface area contributed by atoms with Crippen molar-refractivity contribution in [3.63, 3.8) is 0 Å². The van der Waals surface area contributed by atoms with E-state index in [0.29, 0.717) is 11.1 Å². The molecule has 2 aromatic rings. The highest BCUT2D eigenvalue weighted by Gasteiger charge is 2.38. The molecule has 2 rings (SSSR count). The van der Waals surface area contributed by atoms with Crippen LogP contribution in [0.2, 0.25) is 0 Å². The first kappa shape index (κ1) is 15.4. The van der Waals surface area contributed by atoms with Crippen LogP contribution in [0.25, 0.3) is 0 Å². The van der Waals surface area contributed by atoms with E-state index in [9.17, 15) is 12.8 Å². The number of hydrogen-bond donors (Lipinski definition) is 0. The molecule has 2 aromatic carbocycles. The number of benzene rings is 2. The third-order valence-corrected chi connectivity index (χ3v) is 6.04. The van der Waals surface area contributed by atoms with Gasteiger partial charge in [-0.15, -0.1) is 6.58 Å². The summed E-state index contributed by atoms with van der Waals surface area (Å²) in [5, 5.41) is 0. The molecule has 0 aliphatic carbocycles. The average Bonchev–Trinajstić information content (AvgIpc) is 2.46. The minimum Gasteiger partial charge on any atom is -0.227 e. The molecule has 1 atom stereocenters. The van der Waals surface area contributed by atoms with Crippen LogP contribution >= 0.6 is 0 Å². The van der Waals surface area contributed by atoms with Gasteiger partial charge in [0.15, 0.2) is 9.84 Å². The Balaban J connectivity index is 2.46. The molecule has 4 heteroatoms. The van der Waals surface area contributed by atoms with Gasteiger partial charge in [0.05, 0.1) is 5.75 Å². The number of hydrogen-bond acceptors (Lipinski definition) is 2. The standard InChI is InChI=1S/C17H17FO2S/c1-3-17(2,15-10-7-11-16(18)12-15)21(19,20)13-14-8-5-4-6-9-14/h3-12H,1,13H2,2H3/t17-/m0/s1. The van der Waals surface area contributed by atoms with Crippen molar-refractivity contribution < 1.29 is 12.8 Å². The molecule has 0 aliphatic heterocycles. The van der Waals surface area contributed by atoms with Crippen LogP contribution in [0.1, 0.15) is 18.1 Å². The molecule has 0 heterocycles. The molecule has 0 radical (unpaired) electrons. The predicted octanol–water partition coefficient (Wildman–Crippen LogP) is 3.84. The lowest BCUT2D eigenvalue weighted by Gasteiger charge is -2.26. The van der Waals surface area contributed by atoms with Gasteiger partial charge in [-0.3, -0.25) is 0 Å². The molecule has 0 N–H and O–H groups in total. The van der Waals surface area contributed by atoms with Gasteiger partial charge in [-0.2, -0.15) is 0 Å². The summed E-state index contributed by atoms with van der Waals surface area (Å²) < 4.78 is 37.6. The van der Waals surface area contributed by atoms with Crippen LogP contribution < -0.4 is 0 Å². The fraction of sp³-hybridized carbons (Fsp3) is 0.176.